The van der Waals surface area contributed by atoms with Crippen LogP contribution >= 0.6 is 0 Å². The lowest BCUT2D eigenvalue weighted by Crippen LogP contribution is -2.38. The molecule has 1 atom stereocenters. The summed E-state index contributed by atoms with van der Waals surface area (Å²) in [4.78, 5) is 23.0. The van der Waals surface area contributed by atoms with Gasteiger partial charge in [0.25, 0.3) is 5.91 Å². The Kier molecular flexibility index (Phi) is 4.06. The summed E-state index contributed by atoms with van der Waals surface area (Å²) in [6, 6.07) is 0.370. The Balaban J connectivity index is 2.43. The van der Waals surface area contributed by atoms with Crippen molar-refractivity contribution in [3.05, 3.63) is 11.6 Å². The quantitative estimate of drug-likeness (QED) is 0.821. The van der Waals surface area contributed by atoms with Gasteiger partial charge in [0, 0.05) is 6.07 Å². The first-order valence-corrected chi connectivity index (χ1v) is 6.07. The van der Waals surface area contributed by atoms with E-state index in [0.717, 1.165) is 0 Å². The number of hydrogen-bond donors (Lipinski definition) is 2. The van der Waals surface area contributed by atoms with Crippen molar-refractivity contribution in [1.29, 1.82) is 0 Å². The predicted octanol–water partition coefficient (Wildman–Crippen LogP) is 0.635. The SMILES string of the molecule is COc1cc(C(=O)N[C@@H](C)C(=O)O)c(OC)c2c1OCO2. The number of carbonyl (C=O) groups excluding carboxylic acids is 1. The van der Waals surface area contributed by atoms with Crippen molar-refractivity contribution in [3.63, 3.8) is 0 Å². The van der Waals surface area contributed by atoms with Crippen molar-refractivity contribution in [1.82, 2.24) is 5.32 Å². The van der Waals surface area contributed by atoms with Gasteiger partial charge in [0.15, 0.2) is 11.5 Å². The molecule has 0 unspecified atom stereocenters. The molecule has 2 N–H and O–H groups in total. The van der Waals surface area contributed by atoms with Crippen LogP contribution in [-0.4, -0.2) is 44.0 Å². The summed E-state index contributed by atoms with van der Waals surface area (Å²) in [6.07, 6.45) is 0. The van der Waals surface area contributed by atoms with Gasteiger partial charge < -0.3 is 29.4 Å². The fourth-order valence-corrected chi connectivity index (χ4v) is 1.87. The summed E-state index contributed by atoms with van der Waals surface area (Å²) in [5.41, 5.74) is 0.103. The van der Waals surface area contributed by atoms with Crippen LogP contribution in [-0.2, 0) is 4.79 Å². The first kappa shape index (κ1) is 14.8. The lowest BCUT2D eigenvalue weighted by Gasteiger charge is -2.15. The Bertz CT molecular complexity index is 584. The van der Waals surface area contributed by atoms with Gasteiger partial charge in [-0.3, -0.25) is 9.59 Å². The maximum atomic E-state index is 12.2. The van der Waals surface area contributed by atoms with Crippen molar-refractivity contribution in [2.45, 2.75) is 13.0 Å². The van der Waals surface area contributed by atoms with Crippen molar-refractivity contribution in [2.75, 3.05) is 21.0 Å². The van der Waals surface area contributed by atoms with Crippen LogP contribution in [0, 0.1) is 0 Å². The average Bonchev–Trinajstić information content (AvgIpc) is 2.94. The number of rotatable bonds is 5. The molecule has 0 bridgehead atoms. The van der Waals surface area contributed by atoms with Gasteiger partial charge in [-0.05, 0) is 6.92 Å². The van der Waals surface area contributed by atoms with Gasteiger partial charge in [-0.2, -0.15) is 0 Å². The van der Waals surface area contributed by atoms with Gasteiger partial charge >= 0.3 is 5.97 Å². The Hall–Kier alpha value is -2.64. The van der Waals surface area contributed by atoms with Crippen molar-refractivity contribution >= 4 is 11.9 Å². The number of benzene rings is 1. The topological polar surface area (TPSA) is 103 Å². The third-order valence-corrected chi connectivity index (χ3v) is 2.95. The number of amides is 1. The smallest absolute Gasteiger partial charge is 0.325 e. The van der Waals surface area contributed by atoms with Gasteiger partial charge in [0.2, 0.25) is 18.3 Å². The predicted molar refractivity (Wildman–Crippen MR) is 70.2 cm³/mol. The summed E-state index contributed by atoms with van der Waals surface area (Å²) in [5.74, 6) is -0.689. The summed E-state index contributed by atoms with van der Waals surface area (Å²) in [6.45, 7) is 1.34. The molecule has 1 aromatic rings. The number of carbonyl (C=O) groups is 2. The van der Waals surface area contributed by atoms with E-state index in [2.05, 4.69) is 5.32 Å². The van der Waals surface area contributed by atoms with E-state index in [1.54, 1.807) is 0 Å². The molecule has 1 aromatic carbocycles. The average molecular weight is 297 g/mol. The van der Waals surface area contributed by atoms with E-state index in [-0.39, 0.29) is 23.9 Å². The standard InChI is InChI=1S/C13H15NO7/c1-6(13(16)17)14-12(15)7-4-8(18-2)10-11(9(7)19-3)21-5-20-10/h4,6H,5H2,1-3H3,(H,14,15)(H,16,17)/t6-/m0/s1. The molecule has 1 aliphatic rings. The molecule has 8 heteroatoms. The maximum Gasteiger partial charge on any atom is 0.325 e. The number of aliphatic carboxylic acids is 1. The molecule has 0 saturated heterocycles. The van der Waals surface area contributed by atoms with Gasteiger partial charge in [-0.1, -0.05) is 0 Å². The second-order valence-corrected chi connectivity index (χ2v) is 4.26. The molecule has 8 nitrogen and oxygen atoms in total. The van der Waals surface area contributed by atoms with E-state index < -0.39 is 17.9 Å². The summed E-state index contributed by atoms with van der Waals surface area (Å²) >= 11 is 0. The fraction of sp³-hybridized carbons (Fsp3) is 0.385. The Morgan fingerprint density at radius 2 is 1.95 bits per heavy atom. The summed E-state index contributed by atoms with van der Waals surface area (Å²) in [5, 5.41) is 11.2. The first-order valence-electron chi connectivity index (χ1n) is 6.07. The minimum Gasteiger partial charge on any atom is -0.493 e. The van der Waals surface area contributed by atoms with Crippen LogP contribution in [0.15, 0.2) is 6.07 Å². The molecule has 0 aliphatic carbocycles. The molecule has 0 fully saturated rings. The largest absolute Gasteiger partial charge is 0.493 e. The molecule has 0 radical (unpaired) electrons. The zero-order valence-corrected chi connectivity index (χ0v) is 11.8. The zero-order chi connectivity index (χ0) is 15.6. The number of hydrogen-bond acceptors (Lipinski definition) is 6. The lowest BCUT2D eigenvalue weighted by molar-refractivity contribution is -0.138. The zero-order valence-electron chi connectivity index (χ0n) is 11.8. The number of methoxy groups -OCH3 is 2. The highest BCUT2D eigenvalue weighted by Crippen LogP contribution is 2.49. The van der Waals surface area contributed by atoms with Crippen molar-refractivity contribution in [3.8, 4) is 23.0 Å². The minimum absolute atomic E-state index is 0.0152. The van der Waals surface area contributed by atoms with Crippen LogP contribution in [0.4, 0.5) is 0 Å². The van der Waals surface area contributed by atoms with Gasteiger partial charge in [0.1, 0.15) is 6.04 Å². The van der Waals surface area contributed by atoms with E-state index in [1.807, 2.05) is 0 Å². The van der Waals surface area contributed by atoms with Gasteiger partial charge in [0.05, 0.1) is 19.8 Å². The Labute approximate surface area is 120 Å². The van der Waals surface area contributed by atoms with E-state index in [0.29, 0.717) is 11.5 Å². The fourth-order valence-electron chi connectivity index (χ4n) is 1.87. The van der Waals surface area contributed by atoms with Crippen LogP contribution < -0.4 is 24.3 Å². The Morgan fingerprint density at radius 3 is 2.52 bits per heavy atom. The molecule has 0 saturated carbocycles. The third kappa shape index (κ3) is 2.64. The van der Waals surface area contributed by atoms with Gasteiger partial charge in [-0.15, -0.1) is 0 Å². The number of fused-ring (bicyclic) bond motifs is 1. The van der Waals surface area contributed by atoms with Crippen molar-refractivity contribution < 1.29 is 33.6 Å². The van der Waals surface area contributed by atoms with E-state index in [1.165, 1.54) is 27.2 Å². The van der Waals surface area contributed by atoms with Crippen LogP contribution in [0.2, 0.25) is 0 Å². The molecule has 21 heavy (non-hydrogen) atoms. The summed E-state index contributed by atoms with van der Waals surface area (Å²) < 4.78 is 20.9. The first-order chi connectivity index (χ1) is 9.99. The second kappa shape index (κ2) is 5.78. The maximum absolute atomic E-state index is 12.2. The summed E-state index contributed by atoms with van der Waals surface area (Å²) in [7, 11) is 2.80. The second-order valence-electron chi connectivity index (χ2n) is 4.26. The van der Waals surface area contributed by atoms with Crippen LogP contribution in [0.25, 0.3) is 0 Å². The van der Waals surface area contributed by atoms with Crippen LogP contribution in [0.5, 0.6) is 23.0 Å². The van der Waals surface area contributed by atoms with Gasteiger partial charge in [-0.25, -0.2) is 0 Å². The number of nitrogens with one attached hydrogen (secondary N) is 1. The third-order valence-electron chi connectivity index (χ3n) is 2.95. The van der Waals surface area contributed by atoms with E-state index in [4.69, 9.17) is 24.1 Å². The monoisotopic (exact) mass is 297 g/mol. The molecule has 1 heterocycles. The molecule has 1 amide bonds. The number of ether oxygens (including phenoxy) is 4. The molecular weight excluding hydrogens is 282 g/mol. The molecule has 1 aliphatic heterocycles. The Morgan fingerprint density at radius 1 is 1.29 bits per heavy atom. The minimum atomic E-state index is -1.14. The normalized spacial score (nSPS) is 13.5. The van der Waals surface area contributed by atoms with Crippen molar-refractivity contribution in [2.24, 2.45) is 0 Å². The molecule has 2 rings (SSSR count). The highest BCUT2D eigenvalue weighted by atomic mass is 16.7. The number of carboxylic acids is 1. The molecule has 0 spiro atoms. The van der Waals surface area contributed by atoms with Crippen LogP contribution in [0.1, 0.15) is 17.3 Å². The highest BCUT2D eigenvalue weighted by molar-refractivity contribution is 6.00. The van der Waals surface area contributed by atoms with E-state index >= 15 is 0 Å². The van der Waals surface area contributed by atoms with Crippen LogP contribution in [0.3, 0.4) is 0 Å². The molecule has 0 aromatic heterocycles. The molecule has 114 valence electrons. The number of carboxylic acid groups (broad SMARTS) is 1. The van der Waals surface area contributed by atoms with E-state index in [9.17, 15) is 9.59 Å². The highest BCUT2D eigenvalue weighted by Gasteiger charge is 2.30. The molecular formula is C13H15NO7. The lowest BCUT2D eigenvalue weighted by atomic mass is 10.1.